The summed E-state index contributed by atoms with van der Waals surface area (Å²) in [4.78, 5) is 4.34. The predicted molar refractivity (Wildman–Crippen MR) is 118 cm³/mol. The van der Waals surface area contributed by atoms with Gasteiger partial charge in [0.05, 0.1) is 24.7 Å². The van der Waals surface area contributed by atoms with E-state index >= 15 is 0 Å². The van der Waals surface area contributed by atoms with Gasteiger partial charge in [0.2, 0.25) is 10.0 Å². The van der Waals surface area contributed by atoms with Crippen LogP contribution in [0.4, 0.5) is 0 Å². The lowest BCUT2D eigenvalue weighted by Gasteiger charge is -2.12. The van der Waals surface area contributed by atoms with E-state index in [1.807, 2.05) is 12.1 Å². The molecule has 5 nitrogen and oxygen atoms in total. The van der Waals surface area contributed by atoms with E-state index in [2.05, 4.69) is 4.98 Å². The molecule has 0 aliphatic carbocycles. The van der Waals surface area contributed by atoms with E-state index < -0.39 is 10.0 Å². The van der Waals surface area contributed by atoms with Gasteiger partial charge in [-0.1, -0.05) is 70.4 Å². The number of benzene rings is 3. The zero-order valence-electron chi connectivity index (χ0n) is 14.4. The number of thiazole rings is 1. The molecule has 148 valence electrons. The number of hydrogen-bond donors (Lipinski definition) is 1. The smallest absolute Gasteiger partial charge is 0.279 e. The minimum Gasteiger partial charge on any atom is -0.428 e. The molecule has 10 heteroatoms. The van der Waals surface area contributed by atoms with Gasteiger partial charge in [-0.2, -0.15) is 0 Å². The van der Waals surface area contributed by atoms with Gasteiger partial charge in [0.15, 0.2) is 5.75 Å². The molecule has 4 rings (SSSR count). The summed E-state index contributed by atoms with van der Waals surface area (Å²) in [6.45, 7) is 0. The van der Waals surface area contributed by atoms with Crippen molar-refractivity contribution in [3.05, 3.63) is 69.7 Å². The Balaban J connectivity index is 1.76. The number of para-hydroxylation sites is 1. The molecule has 0 bridgehead atoms. The van der Waals surface area contributed by atoms with Crippen LogP contribution in [0.3, 0.4) is 0 Å². The van der Waals surface area contributed by atoms with Crippen LogP contribution in [-0.2, 0) is 10.0 Å². The van der Waals surface area contributed by atoms with Crippen molar-refractivity contribution in [2.75, 3.05) is 0 Å². The fourth-order valence-corrected chi connectivity index (χ4v) is 5.24. The van der Waals surface area contributed by atoms with E-state index in [1.165, 1.54) is 17.4 Å². The van der Waals surface area contributed by atoms with Gasteiger partial charge in [0, 0.05) is 5.56 Å². The summed E-state index contributed by atoms with van der Waals surface area (Å²) in [7, 11) is -3.92. The monoisotopic (exact) mass is 484 g/mol. The molecule has 0 atom stereocenters. The molecule has 3 aromatic carbocycles. The van der Waals surface area contributed by atoms with Gasteiger partial charge in [-0.3, -0.25) is 0 Å². The third-order valence-electron chi connectivity index (χ3n) is 4.04. The van der Waals surface area contributed by atoms with Crippen molar-refractivity contribution in [3.8, 4) is 22.1 Å². The van der Waals surface area contributed by atoms with E-state index in [4.69, 9.17) is 44.7 Å². The van der Waals surface area contributed by atoms with Gasteiger partial charge in [-0.15, -0.1) is 0 Å². The van der Waals surface area contributed by atoms with Crippen LogP contribution in [0.2, 0.25) is 15.1 Å². The molecule has 0 saturated carbocycles. The highest BCUT2D eigenvalue weighted by molar-refractivity contribution is 7.89. The lowest BCUT2D eigenvalue weighted by atomic mass is 10.1. The highest BCUT2D eigenvalue weighted by Crippen LogP contribution is 2.43. The zero-order valence-corrected chi connectivity index (χ0v) is 18.3. The summed E-state index contributed by atoms with van der Waals surface area (Å²) in [5.74, 6) is 0.209. The van der Waals surface area contributed by atoms with Crippen LogP contribution in [0.5, 0.6) is 10.9 Å². The van der Waals surface area contributed by atoms with Gasteiger partial charge in [-0.25, -0.2) is 18.5 Å². The fraction of sp³-hybridized carbons (Fsp3) is 0. The Kier molecular flexibility index (Phi) is 5.46. The Morgan fingerprint density at radius 1 is 0.931 bits per heavy atom. The van der Waals surface area contributed by atoms with Crippen molar-refractivity contribution in [3.63, 3.8) is 0 Å². The Hall–Kier alpha value is -1.87. The van der Waals surface area contributed by atoms with E-state index in [0.717, 1.165) is 4.70 Å². The van der Waals surface area contributed by atoms with Crippen molar-refractivity contribution in [1.29, 1.82) is 0 Å². The average Bonchev–Trinajstić information content (AvgIpc) is 3.08. The number of sulfonamides is 1. The van der Waals surface area contributed by atoms with Crippen molar-refractivity contribution >= 4 is 66.4 Å². The molecule has 1 aromatic heterocycles. The van der Waals surface area contributed by atoms with Gasteiger partial charge in [0.25, 0.3) is 5.19 Å². The molecule has 0 unspecified atom stereocenters. The Labute approximate surface area is 185 Å². The number of ether oxygens (including phenoxy) is 1. The number of nitrogens with zero attached hydrogens (tertiary/aromatic N) is 1. The Bertz CT molecular complexity index is 1330. The number of aromatic nitrogens is 1. The maximum atomic E-state index is 11.9. The number of rotatable bonds is 4. The minimum atomic E-state index is -3.92. The van der Waals surface area contributed by atoms with Gasteiger partial charge >= 0.3 is 0 Å². The zero-order chi connectivity index (χ0) is 20.8. The van der Waals surface area contributed by atoms with Crippen LogP contribution in [0.25, 0.3) is 21.3 Å². The van der Waals surface area contributed by atoms with E-state index in [9.17, 15) is 8.42 Å². The first kappa shape index (κ1) is 20.4. The molecule has 4 aromatic rings. The van der Waals surface area contributed by atoms with Crippen LogP contribution in [0, 0.1) is 0 Å². The van der Waals surface area contributed by atoms with Crippen molar-refractivity contribution in [2.24, 2.45) is 5.14 Å². The normalized spacial score (nSPS) is 11.7. The molecule has 0 spiro atoms. The molecule has 0 aliphatic rings. The summed E-state index contributed by atoms with van der Waals surface area (Å²) in [5, 5.41) is 6.55. The molecule has 0 amide bonds. The summed E-state index contributed by atoms with van der Waals surface area (Å²) in [5.41, 5.74) is 1.50. The average molecular weight is 486 g/mol. The first-order valence-corrected chi connectivity index (χ1v) is 11.6. The third kappa shape index (κ3) is 4.07. The summed E-state index contributed by atoms with van der Waals surface area (Å²) in [6.07, 6.45) is 0. The maximum absolute atomic E-state index is 11.9. The first-order valence-electron chi connectivity index (χ1n) is 8.08. The van der Waals surface area contributed by atoms with Gasteiger partial charge in [0.1, 0.15) is 5.52 Å². The van der Waals surface area contributed by atoms with E-state index in [0.29, 0.717) is 26.9 Å². The number of halogens is 3. The van der Waals surface area contributed by atoms with Crippen LogP contribution in [0.1, 0.15) is 0 Å². The molecule has 0 saturated heterocycles. The molecular weight excluding hydrogens is 475 g/mol. The van der Waals surface area contributed by atoms with Crippen LogP contribution < -0.4 is 9.88 Å². The predicted octanol–water partition coefficient (Wildman–Crippen LogP) is 6.36. The van der Waals surface area contributed by atoms with Crippen molar-refractivity contribution in [1.82, 2.24) is 4.98 Å². The topological polar surface area (TPSA) is 82.3 Å². The SMILES string of the molecule is NS(=O)(=O)c1ccccc1-c1cc(Cl)c(Oc2nc3c(Cl)cccc3s2)c(Cl)c1. The Morgan fingerprint density at radius 2 is 1.62 bits per heavy atom. The number of primary sulfonamides is 1. The molecule has 29 heavy (non-hydrogen) atoms. The van der Waals surface area contributed by atoms with Crippen molar-refractivity contribution < 1.29 is 13.2 Å². The highest BCUT2D eigenvalue weighted by atomic mass is 35.5. The first-order chi connectivity index (χ1) is 13.7. The van der Waals surface area contributed by atoms with Crippen molar-refractivity contribution in [2.45, 2.75) is 4.90 Å². The van der Waals surface area contributed by atoms with Gasteiger partial charge in [-0.05, 0) is 35.9 Å². The Morgan fingerprint density at radius 3 is 2.28 bits per heavy atom. The number of fused-ring (bicyclic) bond motifs is 1. The second-order valence-corrected chi connectivity index (χ2v) is 9.72. The second-order valence-electron chi connectivity index (χ2n) is 5.98. The molecule has 2 N–H and O–H groups in total. The quantitative estimate of drug-likeness (QED) is 0.364. The molecule has 0 aliphatic heterocycles. The highest BCUT2D eigenvalue weighted by Gasteiger charge is 2.19. The fourth-order valence-electron chi connectivity index (χ4n) is 2.79. The van der Waals surface area contributed by atoms with Crippen LogP contribution >= 0.6 is 46.1 Å². The lowest BCUT2D eigenvalue weighted by molar-refractivity contribution is 0.481. The van der Waals surface area contributed by atoms with Gasteiger partial charge < -0.3 is 4.74 Å². The standard InChI is InChI=1S/C19H11Cl3N2O3S2/c20-12-5-3-6-15-17(12)24-19(28-15)27-18-13(21)8-10(9-14(18)22)11-4-1-2-7-16(11)29(23,25)26/h1-9H,(H2,23,25,26). The lowest BCUT2D eigenvalue weighted by Crippen LogP contribution is -2.13. The molecular formula is C19H11Cl3N2O3S2. The third-order valence-corrected chi connectivity index (χ3v) is 6.78. The molecule has 0 fully saturated rings. The molecule has 0 radical (unpaired) electrons. The van der Waals surface area contributed by atoms with E-state index in [1.54, 1.807) is 36.4 Å². The van der Waals surface area contributed by atoms with E-state index in [-0.39, 0.29) is 20.7 Å². The summed E-state index contributed by atoms with van der Waals surface area (Å²) in [6, 6.07) is 14.9. The number of nitrogens with two attached hydrogens (primary N) is 1. The summed E-state index contributed by atoms with van der Waals surface area (Å²) >= 11 is 20.2. The number of hydrogen-bond acceptors (Lipinski definition) is 5. The molecule has 1 heterocycles. The second kappa shape index (κ2) is 7.75. The largest absolute Gasteiger partial charge is 0.428 e. The van der Waals surface area contributed by atoms with Crippen LogP contribution in [-0.4, -0.2) is 13.4 Å². The van der Waals surface area contributed by atoms with Crippen LogP contribution in [0.15, 0.2) is 59.5 Å². The maximum Gasteiger partial charge on any atom is 0.279 e. The summed E-state index contributed by atoms with van der Waals surface area (Å²) < 4.78 is 30.4. The minimum absolute atomic E-state index is 0.0263.